The van der Waals surface area contributed by atoms with Gasteiger partial charge in [0.1, 0.15) is 5.76 Å². The maximum Gasteiger partial charge on any atom is 0.195 e. The highest BCUT2D eigenvalue weighted by atomic mass is 16.5. The lowest BCUT2D eigenvalue weighted by Crippen LogP contribution is -2.32. The molecule has 1 heterocycles. The fraction of sp³-hybridized carbons (Fsp3) is 0.412. The Hall–Kier alpha value is -2.70. The predicted octanol–water partition coefficient (Wildman–Crippen LogP) is 2.54. The van der Waals surface area contributed by atoms with E-state index >= 15 is 0 Å². The zero-order chi connectivity index (χ0) is 17.5. The molecule has 130 valence electrons. The number of aliphatic imine (C=N–C) groups is 1. The summed E-state index contributed by atoms with van der Waals surface area (Å²) >= 11 is 0. The largest absolute Gasteiger partial charge is 0.493 e. The van der Waals surface area contributed by atoms with Crippen LogP contribution in [-0.4, -0.2) is 38.9 Å². The molecule has 2 rings (SSSR count). The summed E-state index contributed by atoms with van der Waals surface area (Å²) in [5.41, 5.74) is 2.92. The van der Waals surface area contributed by atoms with Crippen LogP contribution in [0.5, 0.6) is 11.5 Å². The molecule has 0 saturated carbocycles. The van der Waals surface area contributed by atoms with Crippen LogP contribution >= 0.6 is 0 Å². The molecule has 7 heteroatoms. The zero-order valence-electron chi connectivity index (χ0n) is 14.8. The summed E-state index contributed by atoms with van der Waals surface area (Å²) in [7, 11) is 4.95. The smallest absolute Gasteiger partial charge is 0.195 e. The SMILES string of the molecule is CN=C(NCCc1c(C)noc1C)Nc1ccc(OC)c(OC)c1. The van der Waals surface area contributed by atoms with E-state index in [9.17, 15) is 0 Å². The van der Waals surface area contributed by atoms with Crippen LogP contribution in [0.1, 0.15) is 17.0 Å². The number of nitrogens with zero attached hydrogens (tertiary/aromatic N) is 2. The number of nitrogens with one attached hydrogen (secondary N) is 2. The van der Waals surface area contributed by atoms with Gasteiger partial charge in [0.25, 0.3) is 0 Å². The number of benzene rings is 1. The van der Waals surface area contributed by atoms with Crippen LogP contribution in [0, 0.1) is 13.8 Å². The van der Waals surface area contributed by atoms with E-state index in [1.807, 2.05) is 32.0 Å². The Morgan fingerprint density at radius 3 is 2.54 bits per heavy atom. The van der Waals surface area contributed by atoms with Crippen LogP contribution in [0.15, 0.2) is 27.7 Å². The number of rotatable bonds is 6. The summed E-state index contributed by atoms with van der Waals surface area (Å²) in [5, 5.41) is 10.5. The van der Waals surface area contributed by atoms with Gasteiger partial charge in [-0.25, -0.2) is 0 Å². The molecule has 24 heavy (non-hydrogen) atoms. The minimum atomic E-state index is 0.661. The van der Waals surface area contributed by atoms with Crippen LogP contribution in [0.2, 0.25) is 0 Å². The number of aryl methyl sites for hydroxylation is 2. The first kappa shape index (κ1) is 17.7. The normalized spacial score (nSPS) is 11.3. The van der Waals surface area contributed by atoms with Gasteiger partial charge in [-0.1, -0.05) is 5.16 Å². The predicted molar refractivity (Wildman–Crippen MR) is 94.2 cm³/mol. The third-order valence-corrected chi connectivity index (χ3v) is 3.72. The molecule has 0 aliphatic carbocycles. The standard InChI is InChI=1S/C17H24N4O3/c1-11-14(12(2)24-21-11)8-9-19-17(18-3)20-13-6-7-15(22-4)16(10-13)23-5/h6-7,10H,8-9H2,1-5H3,(H2,18,19,20). The number of guanidine groups is 1. The maximum absolute atomic E-state index is 5.31. The summed E-state index contributed by atoms with van der Waals surface area (Å²) in [5.74, 6) is 2.88. The molecule has 7 nitrogen and oxygen atoms in total. The second-order valence-electron chi connectivity index (χ2n) is 5.25. The van der Waals surface area contributed by atoms with Crippen molar-refractivity contribution in [3.05, 3.63) is 35.2 Å². The van der Waals surface area contributed by atoms with Crippen molar-refractivity contribution in [2.45, 2.75) is 20.3 Å². The molecule has 0 bridgehead atoms. The Kier molecular flexibility index (Phi) is 6.06. The molecule has 0 amide bonds. The third-order valence-electron chi connectivity index (χ3n) is 3.72. The number of methoxy groups -OCH3 is 2. The molecule has 0 radical (unpaired) electrons. The lowest BCUT2D eigenvalue weighted by Gasteiger charge is -2.14. The summed E-state index contributed by atoms with van der Waals surface area (Å²) in [6.45, 7) is 4.59. The van der Waals surface area contributed by atoms with E-state index in [-0.39, 0.29) is 0 Å². The molecular formula is C17H24N4O3. The Labute approximate surface area is 142 Å². The molecular weight excluding hydrogens is 308 g/mol. The van der Waals surface area contributed by atoms with E-state index in [4.69, 9.17) is 14.0 Å². The fourth-order valence-electron chi connectivity index (χ4n) is 2.39. The first-order valence-corrected chi connectivity index (χ1v) is 7.70. The quantitative estimate of drug-likeness (QED) is 0.625. The van der Waals surface area contributed by atoms with E-state index in [0.717, 1.165) is 35.7 Å². The highest BCUT2D eigenvalue weighted by Crippen LogP contribution is 2.29. The van der Waals surface area contributed by atoms with Gasteiger partial charge in [0.05, 0.1) is 19.9 Å². The average Bonchev–Trinajstić information content (AvgIpc) is 2.92. The van der Waals surface area contributed by atoms with Gasteiger partial charge in [-0.2, -0.15) is 0 Å². The van der Waals surface area contributed by atoms with Gasteiger partial charge in [0.2, 0.25) is 0 Å². The van der Waals surface area contributed by atoms with Gasteiger partial charge < -0.3 is 24.6 Å². The first-order valence-electron chi connectivity index (χ1n) is 7.70. The highest BCUT2D eigenvalue weighted by molar-refractivity contribution is 5.93. The Bertz CT molecular complexity index is 690. The molecule has 0 aliphatic heterocycles. The second kappa shape index (κ2) is 8.24. The average molecular weight is 332 g/mol. The van der Waals surface area contributed by atoms with Crippen LogP contribution in [0.25, 0.3) is 0 Å². The van der Waals surface area contributed by atoms with Gasteiger partial charge >= 0.3 is 0 Å². The second-order valence-corrected chi connectivity index (χ2v) is 5.25. The Balaban J connectivity index is 1.95. The topological polar surface area (TPSA) is 80.9 Å². The van der Waals surface area contributed by atoms with Gasteiger partial charge in [0.15, 0.2) is 17.5 Å². The first-order chi connectivity index (χ1) is 11.6. The molecule has 2 N–H and O–H groups in total. The van der Waals surface area contributed by atoms with Crippen LogP contribution < -0.4 is 20.1 Å². The van der Waals surface area contributed by atoms with Crippen molar-refractivity contribution in [2.24, 2.45) is 4.99 Å². The maximum atomic E-state index is 5.31. The minimum absolute atomic E-state index is 0.661. The van der Waals surface area contributed by atoms with Crippen molar-refractivity contribution in [3.63, 3.8) is 0 Å². The summed E-state index contributed by atoms with van der Waals surface area (Å²) in [6, 6.07) is 5.61. The fourth-order valence-corrected chi connectivity index (χ4v) is 2.39. The lowest BCUT2D eigenvalue weighted by molar-refractivity contribution is 0.355. The Morgan fingerprint density at radius 1 is 1.21 bits per heavy atom. The third kappa shape index (κ3) is 4.18. The Morgan fingerprint density at radius 2 is 1.96 bits per heavy atom. The van der Waals surface area contributed by atoms with Crippen LogP contribution in [0.4, 0.5) is 5.69 Å². The van der Waals surface area contributed by atoms with E-state index in [2.05, 4.69) is 20.8 Å². The molecule has 1 aromatic carbocycles. The summed E-state index contributed by atoms with van der Waals surface area (Å²) in [6.07, 6.45) is 0.813. The molecule has 1 aromatic heterocycles. The molecule has 0 spiro atoms. The number of hydrogen-bond acceptors (Lipinski definition) is 5. The van der Waals surface area contributed by atoms with Crippen molar-refractivity contribution in [1.29, 1.82) is 0 Å². The summed E-state index contributed by atoms with van der Waals surface area (Å²) in [4.78, 5) is 4.23. The number of anilines is 1. The molecule has 0 atom stereocenters. The van der Waals surface area contributed by atoms with Crippen LogP contribution in [-0.2, 0) is 6.42 Å². The molecule has 0 unspecified atom stereocenters. The zero-order valence-corrected chi connectivity index (χ0v) is 14.8. The van der Waals surface area contributed by atoms with Crippen molar-refractivity contribution < 1.29 is 14.0 Å². The van der Waals surface area contributed by atoms with E-state index < -0.39 is 0 Å². The van der Waals surface area contributed by atoms with Gasteiger partial charge in [-0.05, 0) is 32.4 Å². The van der Waals surface area contributed by atoms with Gasteiger partial charge in [0, 0.05) is 30.9 Å². The lowest BCUT2D eigenvalue weighted by atomic mass is 10.1. The highest BCUT2D eigenvalue weighted by Gasteiger charge is 2.09. The minimum Gasteiger partial charge on any atom is -0.493 e. The van der Waals surface area contributed by atoms with Crippen molar-refractivity contribution >= 4 is 11.6 Å². The van der Waals surface area contributed by atoms with E-state index in [1.54, 1.807) is 21.3 Å². The van der Waals surface area contributed by atoms with Crippen molar-refractivity contribution in [2.75, 3.05) is 33.1 Å². The molecule has 0 saturated heterocycles. The van der Waals surface area contributed by atoms with E-state index in [1.165, 1.54) is 0 Å². The van der Waals surface area contributed by atoms with Gasteiger partial charge in [-0.3, -0.25) is 4.99 Å². The number of ether oxygens (including phenoxy) is 2. The number of hydrogen-bond donors (Lipinski definition) is 2. The monoisotopic (exact) mass is 332 g/mol. The van der Waals surface area contributed by atoms with Crippen molar-refractivity contribution in [1.82, 2.24) is 10.5 Å². The molecule has 2 aromatic rings. The molecule has 0 fully saturated rings. The van der Waals surface area contributed by atoms with Crippen LogP contribution in [0.3, 0.4) is 0 Å². The summed E-state index contributed by atoms with van der Waals surface area (Å²) < 4.78 is 15.7. The molecule has 0 aliphatic rings. The van der Waals surface area contributed by atoms with E-state index in [0.29, 0.717) is 17.5 Å². The number of aromatic nitrogens is 1. The van der Waals surface area contributed by atoms with Gasteiger partial charge in [-0.15, -0.1) is 0 Å². The van der Waals surface area contributed by atoms with Crippen molar-refractivity contribution in [3.8, 4) is 11.5 Å².